The molecule has 2 nitrogen and oxygen atoms in total. The number of nitrogens with two attached hydrogens (primary N) is 1. The van der Waals surface area contributed by atoms with Crippen LogP contribution in [0, 0.1) is 0 Å². The molecule has 0 bridgehead atoms. The Labute approximate surface area is 99.7 Å². The van der Waals surface area contributed by atoms with Gasteiger partial charge in [0.1, 0.15) is 0 Å². The van der Waals surface area contributed by atoms with E-state index in [4.69, 9.17) is 5.14 Å². The summed E-state index contributed by atoms with van der Waals surface area (Å²) in [5.74, 6) is 1.04. The van der Waals surface area contributed by atoms with E-state index in [0.717, 1.165) is 10.8 Å². The molecule has 1 heterocycles. The summed E-state index contributed by atoms with van der Waals surface area (Å²) in [5.41, 5.74) is 1.50. The molecule has 1 aliphatic heterocycles. The van der Waals surface area contributed by atoms with E-state index in [1.165, 1.54) is 22.5 Å². The summed E-state index contributed by atoms with van der Waals surface area (Å²) in [6, 6.07) is 6.44. The molecule has 1 aromatic rings. The maximum Gasteiger partial charge on any atom is 0.0692 e. The Balaban J connectivity index is 2.40. The molecular weight excluding hydrogens is 224 g/mol. The van der Waals surface area contributed by atoms with Gasteiger partial charge in [0.15, 0.2) is 0 Å². The second-order valence-corrected chi connectivity index (χ2v) is 6.31. The van der Waals surface area contributed by atoms with Crippen molar-refractivity contribution in [3.8, 4) is 0 Å². The lowest BCUT2D eigenvalue weighted by Crippen LogP contribution is -2.39. The summed E-state index contributed by atoms with van der Waals surface area (Å²) in [5, 5.41) is 5.59. The van der Waals surface area contributed by atoms with Crippen LogP contribution in [0.25, 0.3) is 0 Å². The molecule has 0 aliphatic carbocycles. The molecule has 82 valence electrons. The van der Waals surface area contributed by atoms with Gasteiger partial charge in [0, 0.05) is 15.3 Å². The van der Waals surface area contributed by atoms with Gasteiger partial charge in [0.05, 0.1) is 11.6 Å². The molecule has 1 aromatic carbocycles. The van der Waals surface area contributed by atoms with Crippen molar-refractivity contribution in [2.75, 3.05) is 10.8 Å². The second kappa shape index (κ2) is 3.92. The smallest absolute Gasteiger partial charge is 0.0692 e. The number of rotatable bonds is 1. The van der Waals surface area contributed by atoms with Crippen LogP contribution in [0.1, 0.15) is 20.8 Å². The molecule has 0 radical (unpaired) electrons. The predicted octanol–water partition coefficient (Wildman–Crippen LogP) is 3.32. The minimum atomic E-state index is 0.177. The number of anilines is 1. The van der Waals surface area contributed by atoms with E-state index < -0.39 is 0 Å². The fraction of sp³-hybridized carbons (Fsp3) is 0.455. The van der Waals surface area contributed by atoms with E-state index in [1.54, 1.807) is 0 Å². The van der Waals surface area contributed by atoms with Crippen molar-refractivity contribution in [3.63, 3.8) is 0 Å². The lowest BCUT2D eigenvalue weighted by molar-refractivity contribution is 0.533. The number of benzene rings is 1. The fourth-order valence-electron chi connectivity index (χ4n) is 1.66. The van der Waals surface area contributed by atoms with E-state index in [-0.39, 0.29) is 5.54 Å². The lowest BCUT2D eigenvalue weighted by Gasteiger charge is -2.33. The first-order valence-corrected chi connectivity index (χ1v) is 6.80. The van der Waals surface area contributed by atoms with Crippen LogP contribution >= 0.6 is 23.7 Å². The topological polar surface area (TPSA) is 29.3 Å². The van der Waals surface area contributed by atoms with Gasteiger partial charge in [0.25, 0.3) is 0 Å². The van der Waals surface area contributed by atoms with Gasteiger partial charge >= 0.3 is 0 Å². The van der Waals surface area contributed by atoms with E-state index in [2.05, 4.69) is 43.9 Å². The zero-order chi connectivity index (χ0) is 11.1. The molecule has 0 saturated carbocycles. The molecule has 1 aliphatic rings. The third kappa shape index (κ3) is 2.12. The van der Waals surface area contributed by atoms with Gasteiger partial charge in [-0.3, -0.25) is 5.14 Å². The van der Waals surface area contributed by atoms with Crippen LogP contribution in [-0.4, -0.2) is 11.4 Å². The SMILES string of the molecule is CC(C)(C)N1CSc2ccc(SN)cc21. The minimum Gasteiger partial charge on any atom is -0.356 e. The first-order chi connectivity index (χ1) is 7.02. The van der Waals surface area contributed by atoms with Crippen LogP contribution in [-0.2, 0) is 0 Å². The molecule has 0 amide bonds. The molecule has 0 fully saturated rings. The zero-order valence-corrected chi connectivity index (χ0v) is 10.9. The van der Waals surface area contributed by atoms with Crippen molar-refractivity contribution >= 4 is 29.4 Å². The van der Waals surface area contributed by atoms with Gasteiger partial charge in [-0.1, -0.05) is 0 Å². The van der Waals surface area contributed by atoms with Gasteiger partial charge in [-0.05, 0) is 50.9 Å². The first-order valence-electron chi connectivity index (χ1n) is 4.93. The number of fused-ring (bicyclic) bond motifs is 1. The van der Waals surface area contributed by atoms with Crippen LogP contribution in [0.15, 0.2) is 28.0 Å². The van der Waals surface area contributed by atoms with E-state index >= 15 is 0 Å². The van der Waals surface area contributed by atoms with Gasteiger partial charge in [0.2, 0.25) is 0 Å². The molecule has 0 saturated heterocycles. The average Bonchev–Trinajstić information content (AvgIpc) is 2.59. The van der Waals surface area contributed by atoms with Crippen molar-refractivity contribution in [2.24, 2.45) is 5.14 Å². The zero-order valence-electron chi connectivity index (χ0n) is 9.28. The largest absolute Gasteiger partial charge is 0.356 e. The van der Waals surface area contributed by atoms with E-state index in [1.807, 2.05) is 11.8 Å². The van der Waals surface area contributed by atoms with Gasteiger partial charge in [-0.15, -0.1) is 11.8 Å². The first kappa shape index (κ1) is 11.2. The normalized spacial score (nSPS) is 15.6. The highest BCUT2D eigenvalue weighted by molar-refractivity contribution is 8.00. The molecule has 0 atom stereocenters. The summed E-state index contributed by atoms with van der Waals surface area (Å²) in [6.45, 7) is 6.72. The third-order valence-corrected chi connectivity index (χ3v) is 4.09. The van der Waals surface area contributed by atoms with Crippen LogP contribution in [0.2, 0.25) is 0 Å². The molecule has 0 aromatic heterocycles. The third-order valence-electron chi connectivity index (χ3n) is 2.52. The Morgan fingerprint density at radius 3 is 2.73 bits per heavy atom. The van der Waals surface area contributed by atoms with Crippen LogP contribution in [0.4, 0.5) is 5.69 Å². The van der Waals surface area contributed by atoms with Crippen molar-refractivity contribution < 1.29 is 0 Å². The van der Waals surface area contributed by atoms with Crippen LogP contribution in [0.5, 0.6) is 0 Å². The summed E-state index contributed by atoms with van der Waals surface area (Å²) < 4.78 is 0. The number of thioether (sulfide) groups is 1. The summed E-state index contributed by atoms with van der Waals surface area (Å²) in [6.07, 6.45) is 0. The number of nitrogens with zero attached hydrogens (tertiary/aromatic N) is 1. The average molecular weight is 240 g/mol. The fourth-order valence-corrected chi connectivity index (χ4v) is 3.26. The Kier molecular flexibility index (Phi) is 2.92. The minimum absolute atomic E-state index is 0.177. The summed E-state index contributed by atoms with van der Waals surface area (Å²) in [4.78, 5) is 4.92. The molecule has 2 N–H and O–H groups in total. The van der Waals surface area contributed by atoms with Crippen molar-refractivity contribution in [1.82, 2.24) is 0 Å². The van der Waals surface area contributed by atoms with Crippen LogP contribution < -0.4 is 10.0 Å². The lowest BCUT2D eigenvalue weighted by atomic mass is 10.1. The molecule has 4 heteroatoms. The van der Waals surface area contributed by atoms with Crippen molar-refractivity contribution in [2.45, 2.75) is 36.1 Å². The molecule has 2 rings (SSSR count). The van der Waals surface area contributed by atoms with Gasteiger partial charge in [-0.2, -0.15) is 0 Å². The van der Waals surface area contributed by atoms with Crippen LogP contribution in [0.3, 0.4) is 0 Å². The van der Waals surface area contributed by atoms with E-state index in [0.29, 0.717) is 0 Å². The Morgan fingerprint density at radius 2 is 2.13 bits per heavy atom. The Bertz CT molecular complexity index is 371. The number of hydrogen-bond acceptors (Lipinski definition) is 4. The van der Waals surface area contributed by atoms with Gasteiger partial charge < -0.3 is 4.90 Å². The Hall–Kier alpha value is -0.320. The molecule has 15 heavy (non-hydrogen) atoms. The maximum atomic E-state index is 5.59. The Morgan fingerprint density at radius 1 is 1.40 bits per heavy atom. The molecule has 0 spiro atoms. The predicted molar refractivity (Wildman–Crippen MR) is 69.4 cm³/mol. The number of hydrogen-bond donors (Lipinski definition) is 1. The second-order valence-electron chi connectivity index (χ2n) is 4.62. The summed E-state index contributed by atoms with van der Waals surface area (Å²) >= 11 is 3.21. The standard InChI is InChI=1S/C11H16N2S2/c1-11(2,3)13-7-14-10-5-4-8(15-12)6-9(10)13/h4-6H,7,12H2,1-3H3. The highest BCUT2D eigenvalue weighted by Crippen LogP contribution is 2.43. The molecule has 0 unspecified atom stereocenters. The van der Waals surface area contributed by atoms with Crippen molar-refractivity contribution in [3.05, 3.63) is 18.2 Å². The van der Waals surface area contributed by atoms with Crippen molar-refractivity contribution in [1.29, 1.82) is 0 Å². The van der Waals surface area contributed by atoms with E-state index in [9.17, 15) is 0 Å². The maximum absolute atomic E-state index is 5.59. The molecular formula is C11H16N2S2. The van der Waals surface area contributed by atoms with Gasteiger partial charge in [-0.25, -0.2) is 0 Å². The highest BCUT2D eigenvalue weighted by Gasteiger charge is 2.28. The monoisotopic (exact) mass is 240 g/mol. The quantitative estimate of drug-likeness (QED) is 0.763. The summed E-state index contributed by atoms with van der Waals surface area (Å²) in [7, 11) is 0. The highest BCUT2D eigenvalue weighted by atomic mass is 32.2.